The van der Waals surface area contributed by atoms with Gasteiger partial charge in [0.05, 0.1) is 5.41 Å². The molecule has 70 valence electrons. The molecular weight excluding hydrogens is 176 g/mol. The Morgan fingerprint density at radius 3 is 2.42 bits per heavy atom. The Labute approximate surface area is 76.8 Å². The summed E-state index contributed by atoms with van der Waals surface area (Å²) < 4.78 is 0. The first-order chi connectivity index (χ1) is 5.40. The van der Waals surface area contributed by atoms with Crippen molar-refractivity contribution in [1.82, 2.24) is 10.7 Å². The van der Waals surface area contributed by atoms with Crippen molar-refractivity contribution in [1.29, 1.82) is 0 Å². The molecule has 0 spiro atoms. The summed E-state index contributed by atoms with van der Waals surface area (Å²) in [5.41, 5.74) is 6.74. The highest BCUT2D eigenvalue weighted by Gasteiger charge is 2.24. The molecule has 0 saturated carbocycles. The Kier molecular flexibility index (Phi) is 3.91. The average Bonchev–Trinajstić information content (AvgIpc) is 2.00. The number of carbonyl (C=O) groups is 1. The van der Waals surface area contributed by atoms with Crippen molar-refractivity contribution in [3.63, 3.8) is 0 Å². The molecule has 0 radical (unpaired) electrons. The second-order valence-corrected chi connectivity index (χ2v) is 3.48. The lowest BCUT2D eigenvalue weighted by Crippen LogP contribution is -2.47. The molecule has 0 rings (SSSR count). The van der Waals surface area contributed by atoms with Crippen molar-refractivity contribution in [3.05, 3.63) is 0 Å². The van der Waals surface area contributed by atoms with Gasteiger partial charge < -0.3 is 16.5 Å². The third kappa shape index (κ3) is 3.49. The van der Waals surface area contributed by atoms with E-state index in [0.717, 1.165) is 0 Å². The summed E-state index contributed by atoms with van der Waals surface area (Å²) >= 11 is 4.71. The van der Waals surface area contributed by atoms with Gasteiger partial charge >= 0.3 is 0 Å². The summed E-state index contributed by atoms with van der Waals surface area (Å²) in [4.78, 5) is 10.8. The zero-order chi connectivity index (χ0) is 9.78. The number of carbonyl (C=O) groups excluding carboxylic acids is 1. The molecule has 0 aromatic rings. The molecule has 1 amide bonds. The van der Waals surface area contributed by atoms with Gasteiger partial charge in [0.1, 0.15) is 0 Å². The lowest BCUT2D eigenvalue weighted by atomic mass is 9.93. The van der Waals surface area contributed by atoms with Gasteiger partial charge in [0.2, 0.25) is 5.91 Å². The van der Waals surface area contributed by atoms with Crippen LogP contribution >= 0.6 is 12.2 Å². The van der Waals surface area contributed by atoms with Crippen LogP contribution < -0.4 is 22.3 Å². The van der Waals surface area contributed by atoms with Gasteiger partial charge in [0.15, 0.2) is 5.11 Å². The van der Waals surface area contributed by atoms with E-state index in [9.17, 15) is 4.79 Å². The van der Waals surface area contributed by atoms with Crippen LogP contribution in [0.1, 0.15) is 13.8 Å². The predicted octanol–water partition coefficient (Wildman–Crippen LogP) is -1.16. The van der Waals surface area contributed by atoms with Gasteiger partial charge in [0, 0.05) is 6.54 Å². The third-order valence-corrected chi connectivity index (χ3v) is 1.75. The van der Waals surface area contributed by atoms with Crippen molar-refractivity contribution in [2.75, 3.05) is 6.54 Å². The van der Waals surface area contributed by atoms with Crippen LogP contribution in [0.15, 0.2) is 0 Å². The molecule has 5 nitrogen and oxygen atoms in total. The van der Waals surface area contributed by atoms with Crippen LogP contribution in [0.25, 0.3) is 0 Å². The molecule has 0 unspecified atom stereocenters. The van der Waals surface area contributed by atoms with Crippen molar-refractivity contribution in [2.45, 2.75) is 13.8 Å². The number of hydrazine groups is 1. The Hall–Kier alpha value is -0.880. The number of hydrogen-bond donors (Lipinski definition) is 4. The Morgan fingerprint density at radius 2 is 2.08 bits per heavy atom. The van der Waals surface area contributed by atoms with Crippen LogP contribution in [0.5, 0.6) is 0 Å². The van der Waals surface area contributed by atoms with Gasteiger partial charge in [-0.1, -0.05) is 0 Å². The standard InChI is InChI=1S/C6H14N4OS/c1-6(2,4(7)11)3-9-5(12)10-8/h3,8H2,1-2H3,(H2,7,11)(H2,9,10,12). The SMILES string of the molecule is CC(C)(CNC(=S)NN)C(N)=O. The minimum absolute atomic E-state index is 0.296. The Morgan fingerprint density at radius 1 is 1.58 bits per heavy atom. The first-order valence-electron chi connectivity index (χ1n) is 3.44. The van der Waals surface area contributed by atoms with E-state index in [0.29, 0.717) is 11.7 Å². The summed E-state index contributed by atoms with van der Waals surface area (Å²) in [5.74, 6) is 4.63. The number of thiocarbonyl (C=S) groups is 1. The minimum atomic E-state index is -0.624. The molecule has 6 N–H and O–H groups in total. The summed E-state index contributed by atoms with van der Waals surface area (Å²) in [6.45, 7) is 3.81. The summed E-state index contributed by atoms with van der Waals surface area (Å²) in [6.07, 6.45) is 0. The largest absolute Gasteiger partial charge is 0.369 e. The molecule has 12 heavy (non-hydrogen) atoms. The molecule has 0 aliphatic rings. The number of nitrogens with one attached hydrogen (secondary N) is 2. The number of primary amides is 1. The number of hydrogen-bond acceptors (Lipinski definition) is 3. The molecule has 0 fully saturated rings. The number of nitrogens with two attached hydrogens (primary N) is 2. The van der Waals surface area contributed by atoms with E-state index in [4.69, 9.17) is 23.8 Å². The van der Waals surface area contributed by atoms with E-state index in [1.165, 1.54) is 0 Å². The van der Waals surface area contributed by atoms with E-state index in [-0.39, 0.29) is 5.91 Å². The Bertz CT molecular complexity index is 192. The zero-order valence-electron chi connectivity index (χ0n) is 7.18. The predicted molar refractivity (Wildman–Crippen MR) is 50.9 cm³/mol. The highest BCUT2D eigenvalue weighted by Crippen LogP contribution is 2.11. The topological polar surface area (TPSA) is 93.2 Å². The van der Waals surface area contributed by atoms with E-state index < -0.39 is 5.41 Å². The maximum absolute atomic E-state index is 10.8. The smallest absolute Gasteiger partial charge is 0.224 e. The molecule has 0 aliphatic heterocycles. The van der Waals surface area contributed by atoms with Gasteiger partial charge in [-0.15, -0.1) is 0 Å². The third-order valence-electron chi connectivity index (χ3n) is 1.49. The summed E-state index contributed by atoms with van der Waals surface area (Å²) in [5, 5.41) is 3.04. The molecule has 0 atom stereocenters. The highest BCUT2D eigenvalue weighted by molar-refractivity contribution is 7.80. The van der Waals surface area contributed by atoms with Crippen LogP contribution in [-0.4, -0.2) is 17.6 Å². The molecule has 0 heterocycles. The molecule has 6 heteroatoms. The molecule has 0 aromatic carbocycles. The average molecular weight is 190 g/mol. The van der Waals surface area contributed by atoms with E-state index >= 15 is 0 Å². The van der Waals surface area contributed by atoms with E-state index in [1.807, 2.05) is 0 Å². The normalized spacial score (nSPS) is 10.6. The van der Waals surface area contributed by atoms with Crippen LogP contribution in [0.4, 0.5) is 0 Å². The van der Waals surface area contributed by atoms with Gasteiger partial charge in [-0.2, -0.15) is 0 Å². The zero-order valence-corrected chi connectivity index (χ0v) is 7.99. The maximum atomic E-state index is 10.8. The molecule has 0 aromatic heterocycles. The van der Waals surface area contributed by atoms with E-state index in [2.05, 4.69) is 10.7 Å². The van der Waals surface area contributed by atoms with Crippen molar-refractivity contribution >= 4 is 23.2 Å². The fourth-order valence-corrected chi connectivity index (χ4v) is 0.512. The fraction of sp³-hybridized carbons (Fsp3) is 0.667. The molecule has 0 aliphatic carbocycles. The van der Waals surface area contributed by atoms with Crippen molar-refractivity contribution in [2.24, 2.45) is 17.0 Å². The Balaban J connectivity index is 3.92. The fourth-order valence-electron chi connectivity index (χ4n) is 0.439. The molecular formula is C6H14N4OS. The quantitative estimate of drug-likeness (QED) is 0.256. The number of rotatable bonds is 3. The molecule has 0 saturated heterocycles. The number of amides is 1. The van der Waals surface area contributed by atoms with Crippen LogP contribution in [0.3, 0.4) is 0 Å². The van der Waals surface area contributed by atoms with Gasteiger partial charge in [-0.25, -0.2) is 5.84 Å². The van der Waals surface area contributed by atoms with Crippen LogP contribution in [0, 0.1) is 5.41 Å². The van der Waals surface area contributed by atoms with Gasteiger partial charge in [0.25, 0.3) is 0 Å². The second kappa shape index (κ2) is 4.22. The van der Waals surface area contributed by atoms with E-state index in [1.54, 1.807) is 13.8 Å². The maximum Gasteiger partial charge on any atom is 0.224 e. The first-order valence-corrected chi connectivity index (χ1v) is 3.85. The first kappa shape index (κ1) is 11.1. The minimum Gasteiger partial charge on any atom is -0.369 e. The van der Waals surface area contributed by atoms with Crippen molar-refractivity contribution < 1.29 is 4.79 Å². The van der Waals surface area contributed by atoms with Gasteiger partial charge in [-0.05, 0) is 26.1 Å². The lowest BCUT2D eigenvalue weighted by molar-refractivity contribution is -0.125. The summed E-state index contributed by atoms with van der Waals surface area (Å²) in [7, 11) is 0. The highest BCUT2D eigenvalue weighted by atomic mass is 32.1. The molecule has 0 bridgehead atoms. The van der Waals surface area contributed by atoms with Gasteiger partial charge in [-0.3, -0.25) is 4.79 Å². The monoisotopic (exact) mass is 190 g/mol. The van der Waals surface area contributed by atoms with Crippen LogP contribution in [-0.2, 0) is 4.79 Å². The summed E-state index contributed by atoms with van der Waals surface area (Å²) in [6, 6.07) is 0. The second-order valence-electron chi connectivity index (χ2n) is 3.08. The van der Waals surface area contributed by atoms with Crippen molar-refractivity contribution in [3.8, 4) is 0 Å². The van der Waals surface area contributed by atoms with Crippen LogP contribution in [0.2, 0.25) is 0 Å². The lowest BCUT2D eigenvalue weighted by Gasteiger charge is -2.21.